The molecule has 1 atom stereocenters. The van der Waals surface area contributed by atoms with E-state index in [0.717, 1.165) is 12.1 Å². The maximum atomic E-state index is 13.4. The fraction of sp³-hybridized carbons (Fsp3) is 0.417. The molecule has 1 N–H and O–H groups in total. The number of carbonyl (C=O) groups is 1. The van der Waals surface area contributed by atoms with Crippen molar-refractivity contribution in [2.24, 2.45) is 0 Å². The summed E-state index contributed by atoms with van der Waals surface area (Å²) >= 11 is 0. The molecule has 0 aliphatic heterocycles. The van der Waals surface area contributed by atoms with Gasteiger partial charge in [0.1, 0.15) is 5.82 Å². The van der Waals surface area contributed by atoms with Crippen LogP contribution in [0.1, 0.15) is 36.2 Å². The molecular formula is C12H15FO4S. The van der Waals surface area contributed by atoms with Crippen LogP contribution in [-0.4, -0.2) is 24.7 Å². The van der Waals surface area contributed by atoms with Gasteiger partial charge in [-0.3, -0.25) is 0 Å². The highest BCUT2D eigenvalue weighted by molar-refractivity contribution is 7.91. The van der Waals surface area contributed by atoms with Crippen LogP contribution in [0.15, 0.2) is 18.2 Å². The van der Waals surface area contributed by atoms with Gasteiger partial charge in [-0.25, -0.2) is 17.6 Å². The van der Waals surface area contributed by atoms with Gasteiger partial charge in [0.15, 0.2) is 9.84 Å². The van der Waals surface area contributed by atoms with Crippen molar-refractivity contribution < 1.29 is 22.7 Å². The van der Waals surface area contributed by atoms with Crippen molar-refractivity contribution in [2.75, 3.05) is 0 Å². The number of carboxylic acid groups (broad SMARTS) is 1. The molecule has 0 spiro atoms. The summed E-state index contributed by atoms with van der Waals surface area (Å²) in [6, 6.07) is 3.37. The van der Waals surface area contributed by atoms with Crippen LogP contribution in [-0.2, 0) is 15.6 Å². The maximum absolute atomic E-state index is 13.4. The average molecular weight is 274 g/mol. The van der Waals surface area contributed by atoms with Crippen molar-refractivity contribution in [2.45, 2.75) is 31.3 Å². The summed E-state index contributed by atoms with van der Waals surface area (Å²) in [5.41, 5.74) is -0.197. The summed E-state index contributed by atoms with van der Waals surface area (Å²) < 4.78 is 37.0. The Hall–Kier alpha value is -1.43. The summed E-state index contributed by atoms with van der Waals surface area (Å²) in [4.78, 5) is 10.6. The van der Waals surface area contributed by atoms with Gasteiger partial charge in [-0.15, -0.1) is 0 Å². The highest BCUT2D eigenvalue weighted by atomic mass is 32.2. The zero-order chi connectivity index (χ0) is 13.9. The number of hydrogen-bond acceptors (Lipinski definition) is 3. The van der Waals surface area contributed by atoms with Gasteiger partial charge in [-0.1, -0.05) is 13.0 Å². The molecule has 0 aliphatic rings. The number of benzene rings is 1. The maximum Gasteiger partial charge on any atom is 0.338 e. The van der Waals surface area contributed by atoms with Crippen molar-refractivity contribution in [1.82, 2.24) is 0 Å². The Morgan fingerprint density at radius 3 is 2.50 bits per heavy atom. The predicted molar refractivity (Wildman–Crippen MR) is 65.7 cm³/mol. The smallest absolute Gasteiger partial charge is 0.338 e. The Balaban J connectivity index is 3.01. The lowest BCUT2D eigenvalue weighted by atomic mass is 10.1. The van der Waals surface area contributed by atoms with Crippen LogP contribution >= 0.6 is 0 Å². The standard InChI is InChI=1S/C12H15FO4S/c1-3-8(2)18(16,17)7-9-4-5-10(12(14)15)11(13)6-9/h4-6,8H,3,7H2,1-2H3,(H,14,15). The van der Waals surface area contributed by atoms with Crippen LogP contribution in [0.5, 0.6) is 0 Å². The van der Waals surface area contributed by atoms with E-state index in [0.29, 0.717) is 6.42 Å². The van der Waals surface area contributed by atoms with E-state index in [1.807, 2.05) is 0 Å². The summed E-state index contributed by atoms with van der Waals surface area (Å²) in [6.45, 7) is 3.35. The van der Waals surface area contributed by atoms with Crippen molar-refractivity contribution in [3.05, 3.63) is 35.1 Å². The molecule has 0 aliphatic carbocycles. The van der Waals surface area contributed by atoms with Crippen molar-refractivity contribution in [3.63, 3.8) is 0 Å². The van der Waals surface area contributed by atoms with Crippen LogP contribution in [0.25, 0.3) is 0 Å². The molecule has 4 nitrogen and oxygen atoms in total. The van der Waals surface area contributed by atoms with E-state index in [1.54, 1.807) is 13.8 Å². The zero-order valence-corrected chi connectivity index (χ0v) is 11.0. The molecule has 0 fully saturated rings. The first-order chi connectivity index (χ1) is 8.27. The van der Waals surface area contributed by atoms with Crippen molar-refractivity contribution in [3.8, 4) is 0 Å². The van der Waals surface area contributed by atoms with E-state index in [4.69, 9.17) is 5.11 Å². The van der Waals surface area contributed by atoms with Crippen LogP contribution in [0.3, 0.4) is 0 Å². The number of sulfone groups is 1. The molecule has 1 unspecified atom stereocenters. The van der Waals surface area contributed by atoms with Gasteiger partial charge in [0.2, 0.25) is 0 Å². The number of halogens is 1. The van der Waals surface area contributed by atoms with Gasteiger partial charge >= 0.3 is 5.97 Å². The molecule has 1 rings (SSSR count). The second-order valence-corrected chi connectivity index (χ2v) is 6.56. The second kappa shape index (κ2) is 5.48. The van der Waals surface area contributed by atoms with Gasteiger partial charge in [0, 0.05) is 0 Å². The molecule has 18 heavy (non-hydrogen) atoms. The molecule has 0 saturated carbocycles. The first-order valence-electron chi connectivity index (χ1n) is 5.51. The Bertz CT molecular complexity index is 551. The van der Waals surface area contributed by atoms with Crippen LogP contribution in [0.2, 0.25) is 0 Å². The van der Waals surface area contributed by atoms with Gasteiger partial charge < -0.3 is 5.11 Å². The van der Waals surface area contributed by atoms with Crippen LogP contribution < -0.4 is 0 Å². The third kappa shape index (κ3) is 3.29. The fourth-order valence-corrected chi connectivity index (χ4v) is 2.89. The Morgan fingerprint density at radius 2 is 2.06 bits per heavy atom. The van der Waals surface area contributed by atoms with Crippen molar-refractivity contribution >= 4 is 15.8 Å². The number of carboxylic acids is 1. The molecular weight excluding hydrogens is 259 g/mol. The molecule has 100 valence electrons. The average Bonchev–Trinajstić information content (AvgIpc) is 2.26. The van der Waals surface area contributed by atoms with E-state index < -0.39 is 32.4 Å². The molecule has 0 saturated heterocycles. The first kappa shape index (κ1) is 14.6. The summed E-state index contributed by atoms with van der Waals surface area (Å²) in [6.07, 6.45) is 0.484. The lowest BCUT2D eigenvalue weighted by molar-refractivity contribution is 0.0692. The first-order valence-corrected chi connectivity index (χ1v) is 7.22. The topological polar surface area (TPSA) is 71.4 Å². The number of rotatable bonds is 5. The van der Waals surface area contributed by atoms with Gasteiger partial charge in [0.25, 0.3) is 0 Å². The number of hydrogen-bond donors (Lipinski definition) is 1. The third-order valence-corrected chi connectivity index (χ3v) is 5.11. The van der Waals surface area contributed by atoms with Crippen LogP contribution in [0.4, 0.5) is 4.39 Å². The molecule has 0 bridgehead atoms. The van der Waals surface area contributed by atoms with E-state index in [9.17, 15) is 17.6 Å². The third-order valence-electron chi connectivity index (χ3n) is 2.82. The minimum Gasteiger partial charge on any atom is -0.478 e. The summed E-state index contributed by atoms with van der Waals surface area (Å²) in [5.74, 6) is -2.57. The normalized spacial score (nSPS) is 13.3. The Labute approximate surface area is 105 Å². The largest absolute Gasteiger partial charge is 0.478 e. The molecule has 0 heterocycles. The lowest BCUT2D eigenvalue weighted by Crippen LogP contribution is -2.18. The zero-order valence-electron chi connectivity index (χ0n) is 10.2. The monoisotopic (exact) mass is 274 g/mol. The minimum atomic E-state index is -3.33. The summed E-state index contributed by atoms with van der Waals surface area (Å²) in [7, 11) is -3.33. The number of aromatic carboxylic acids is 1. The Morgan fingerprint density at radius 1 is 1.44 bits per heavy atom. The van der Waals surface area contributed by atoms with Crippen molar-refractivity contribution in [1.29, 1.82) is 0 Å². The molecule has 1 aromatic rings. The van der Waals surface area contributed by atoms with E-state index in [2.05, 4.69) is 0 Å². The van der Waals surface area contributed by atoms with Crippen LogP contribution in [0, 0.1) is 5.82 Å². The van der Waals surface area contributed by atoms with E-state index in [1.165, 1.54) is 6.07 Å². The predicted octanol–water partition coefficient (Wildman–Crippen LogP) is 2.24. The highest BCUT2D eigenvalue weighted by Gasteiger charge is 2.20. The highest BCUT2D eigenvalue weighted by Crippen LogP contribution is 2.16. The molecule has 0 aromatic heterocycles. The van der Waals surface area contributed by atoms with E-state index >= 15 is 0 Å². The van der Waals surface area contributed by atoms with Gasteiger partial charge in [-0.2, -0.15) is 0 Å². The van der Waals surface area contributed by atoms with Gasteiger partial charge in [-0.05, 0) is 31.0 Å². The second-order valence-electron chi connectivity index (χ2n) is 4.15. The molecule has 0 radical (unpaired) electrons. The Kier molecular flexibility index (Phi) is 4.45. The molecule has 0 amide bonds. The van der Waals surface area contributed by atoms with Gasteiger partial charge in [0.05, 0.1) is 16.6 Å². The van der Waals surface area contributed by atoms with E-state index in [-0.39, 0.29) is 11.3 Å². The molecule has 1 aromatic carbocycles. The quantitative estimate of drug-likeness (QED) is 0.893. The summed E-state index contributed by atoms with van der Waals surface area (Å²) in [5, 5.41) is 8.16. The SMILES string of the molecule is CCC(C)S(=O)(=O)Cc1ccc(C(=O)O)c(F)c1. The molecule has 6 heteroatoms. The fourth-order valence-electron chi connectivity index (χ4n) is 1.45. The lowest BCUT2D eigenvalue weighted by Gasteiger charge is -2.10. The minimum absolute atomic E-state index is 0.262.